The summed E-state index contributed by atoms with van der Waals surface area (Å²) in [6.07, 6.45) is 6.18. The molecule has 7 atom stereocenters. The van der Waals surface area contributed by atoms with Crippen molar-refractivity contribution in [3.05, 3.63) is 23.8 Å². The zero-order valence-corrected chi connectivity index (χ0v) is 18.7. The highest BCUT2D eigenvalue weighted by molar-refractivity contribution is 6.26. The van der Waals surface area contributed by atoms with Gasteiger partial charge in [-0.1, -0.05) is 39.8 Å². The molecule has 0 aliphatic heterocycles. The Morgan fingerprint density at radius 1 is 1.32 bits per heavy atom. The Hall–Kier alpha value is -0.933. The molecule has 0 amide bonds. The lowest BCUT2D eigenvalue weighted by molar-refractivity contribution is -0.153. The molecule has 4 aliphatic rings. The van der Waals surface area contributed by atoms with Crippen molar-refractivity contribution in [2.24, 2.45) is 28.6 Å². The number of fused-ring (bicyclic) bond motifs is 5. The molecule has 0 saturated heterocycles. The Morgan fingerprint density at radius 2 is 2.04 bits per heavy atom. The van der Waals surface area contributed by atoms with E-state index in [4.69, 9.17) is 0 Å². The molecular weight excluding hydrogens is 364 g/mol. The van der Waals surface area contributed by atoms with Gasteiger partial charge in [0.1, 0.15) is 5.60 Å². The Morgan fingerprint density at radius 3 is 2.71 bits per heavy atom. The first-order valence-corrected chi connectivity index (χ1v) is 12.0. The van der Waals surface area contributed by atoms with Crippen molar-refractivity contribution in [2.45, 2.75) is 83.5 Å². The number of aliphatic hydroxyl groups excluding tert-OH is 1. The molecule has 0 spiro atoms. The lowest BCUT2D eigenvalue weighted by Crippen LogP contribution is -2.59. The molecule has 152 valence electrons. The van der Waals surface area contributed by atoms with E-state index in [-0.39, 0.29) is 17.1 Å². The third-order valence-corrected chi connectivity index (χ3v) is 9.72. The number of aliphatic hydroxyl groups is 2. The fourth-order valence-electron chi connectivity index (χ4n) is 7.12. The highest BCUT2D eigenvalue weighted by atomic mass is 28.2. The number of hydrogen-bond acceptors (Lipinski definition) is 3. The van der Waals surface area contributed by atoms with Gasteiger partial charge in [0.15, 0.2) is 5.78 Å². The van der Waals surface area contributed by atoms with Gasteiger partial charge >= 0.3 is 0 Å². The molecule has 4 rings (SSSR count). The van der Waals surface area contributed by atoms with Crippen LogP contribution in [0.4, 0.5) is 0 Å². The van der Waals surface area contributed by atoms with Crippen molar-refractivity contribution in [1.82, 2.24) is 0 Å². The third kappa shape index (κ3) is 2.65. The first kappa shape index (κ1) is 20.3. The zero-order chi connectivity index (χ0) is 20.5. The number of allylic oxidation sites excluding steroid dienone is 1. The molecule has 0 aromatic carbocycles. The van der Waals surface area contributed by atoms with E-state index in [9.17, 15) is 15.0 Å². The Bertz CT molecular complexity index is 817. The van der Waals surface area contributed by atoms with E-state index in [1.165, 1.54) is 5.57 Å². The fourth-order valence-corrected chi connectivity index (χ4v) is 8.08. The molecule has 2 N–H and O–H groups in total. The summed E-state index contributed by atoms with van der Waals surface area (Å²) in [6, 6.07) is 0. The molecule has 0 radical (unpaired) electrons. The number of ketones is 1. The van der Waals surface area contributed by atoms with Crippen LogP contribution in [-0.4, -0.2) is 36.7 Å². The average Bonchev–Trinajstić information content (AvgIpc) is 2.81. The van der Waals surface area contributed by atoms with Crippen molar-refractivity contribution in [1.29, 1.82) is 0 Å². The second-order valence-electron chi connectivity index (χ2n) is 10.5. The summed E-state index contributed by atoms with van der Waals surface area (Å²) in [5, 5.41) is 23.1. The summed E-state index contributed by atoms with van der Waals surface area (Å²) in [5.41, 5.74) is 4.44. The first-order valence-electron chi connectivity index (χ1n) is 10.9. The predicted molar refractivity (Wildman–Crippen MR) is 112 cm³/mol. The number of rotatable bonds is 0. The van der Waals surface area contributed by atoms with Crippen molar-refractivity contribution in [2.75, 3.05) is 0 Å². The highest BCUT2D eigenvalue weighted by Crippen LogP contribution is 2.68. The van der Waals surface area contributed by atoms with Crippen LogP contribution in [-0.2, 0) is 4.79 Å². The maximum atomic E-state index is 12.0. The van der Waals surface area contributed by atoms with Crippen LogP contribution in [0.1, 0.15) is 66.2 Å². The monoisotopic (exact) mass is 398 g/mol. The van der Waals surface area contributed by atoms with Gasteiger partial charge in [0.25, 0.3) is 0 Å². The fraction of sp³-hybridized carbons (Fsp3) is 0.750. The Balaban J connectivity index is 1.76. The molecule has 4 heteroatoms. The summed E-state index contributed by atoms with van der Waals surface area (Å²) in [6.45, 7) is 13.0. The summed E-state index contributed by atoms with van der Waals surface area (Å²) >= 11 is 0. The van der Waals surface area contributed by atoms with Crippen molar-refractivity contribution in [3.63, 3.8) is 0 Å². The predicted octanol–water partition coefficient (Wildman–Crippen LogP) is 3.88. The summed E-state index contributed by atoms with van der Waals surface area (Å²) in [4.78, 5) is 12.0. The molecule has 3 nitrogen and oxygen atoms in total. The number of carbonyl (C=O) groups is 1. The van der Waals surface area contributed by atoms with E-state index in [1.54, 1.807) is 0 Å². The standard InChI is InChI=1S/C24H34O3Si/c1-14(2)28-13-24(27)15(3)10-19-18-7-6-16-11-17(25)8-9-22(16,4)21(18)20(26)12-23(19,24)5/h11,14,18-21,26-27H,3,6-10,12H2,1-2,4-5H3/t18?,19?,20-,21?,22-,23-,24-/m0/s1. The van der Waals surface area contributed by atoms with Gasteiger partial charge in [-0.15, -0.1) is 5.50 Å². The zero-order valence-electron chi connectivity index (χ0n) is 17.7. The minimum absolute atomic E-state index is 0.0906. The van der Waals surface area contributed by atoms with Gasteiger partial charge < -0.3 is 10.2 Å². The number of carbonyl (C=O) groups excluding carboxylic acids is 1. The Kier molecular flexibility index (Phi) is 4.75. The van der Waals surface area contributed by atoms with E-state index < -0.39 is 17.1 Å². The second-order valence-corrected chi connectivity index (χ2v) is 12.2. The average molecular weight is 399 g/mol. The normalized spacial score (nSPS) is 47.6. The van der Waals surface area contributed by atoms with Gasteiger partial charge in [-0.3, -0.25) is 4.79 Å². The van der Waals surface area contributed by atoms with Crippen LogP contribution in [0.25, 0.3) is 0 Å². The van der Waals surface area contributed by atoms with E-state index in [1.807, 2.05) is 6.08 Å². The lowest BCUT2D eigenvalue weighted by atomic mass is 9.45. The minimum Gasteiger partial charge on any atom is -0.393 e. The van der Waals surface area contributed by atoms with Gasteiger partial charge in [0, 0.05) is 11.8 Å². The van der Waals surface area contributed by atoms with Crippen LogP contribution in [0, 0.1) is 34.1 Å². The third-order valence-electron chi connectivity index (χ3n) is 8.63. The SMILES string of the molecule is C=C1CC2C3CCC4=CC(=O)CC[C@]4(C)C3[C@@H](O)C[C@]2(C)[C@]1(O)C#[Si]C(C)C. The van der Waals surface area contributed by atoms with Crippen molar-refractivity contribution in [3.8, 4) is 5.50 Å². The molecule has 4 aliphatic carbocycles. The maximum absolute atomic E-state index is 12.0. The molecule has 28 heavy (non-hydrogen) atoms. The molecule has 3 unspecified atom stereocenters. The van der Waals surface area contributed by atoms with E-state index >= 15 is 0 Å². The Labute approximate surface area is 171 Å². The van der Waals surface area contributed by atoms with Crippen LogP contribution in [0.5, 0.6) is 0 Å². The van der Waals surface area contributed by atoms with E-state index in [0.717, 1.165) is 31.3 Å². The van der Waals surface area contributed by atoms with Crippen LogP contribution in [0.2, 0.25) is 5.54 Å². The van der Waals surface area contributed by atoms with Crippen LogP contribution < -0.4 is 0 Å². The van der Waals surface area contributed by atoms with Gasteiger partial charge in [-0.05, 0) is 81.4 Å². The van der Waals surface area contributed by atoms with E-state index in [0.29, 0.717) is 39.2 Å². The molecule has 0 aromatic rings. The van der Waals surface area contributed by atoms with Gasteiger partial charge in [-0.25, -0.2) is 0 Å². The van der Waals surface area contributed by atoms with Crippen molar-refractivity contribution < 1.29 is 15.0 Å². The summed E-state index contributed by atoms with van der Waals surface area (Å²) < 4.78 is 0. The lowest BCUT2D eigenvalue weighted by Gasteiger charge is -2.60. The smallest absolute Gasteiger partial charge is 0.155 e. The molecule has 0 heterocycles. The molecule has 3 fully saturated rings. The maximum Gasteiger partial charge on any atom is 0.155 e. The summed E-state index contributed by atoms with van der Waals surface area (Å²) in [7, 11) is 0.460. The topological polar surface area (TPSA) is 57.5 Å². The molecular formula is C24H34O3Si. The van der Waals surface area contributed by atoms with Crippen LogP contribution in [0.15, 0.2) is 23.8 Å². The van der Waals surface area contributed by atoms with Crippen LogP contribution in [0.3, 0.4) is 0 Å². The van der Waals surface area contributed by atoms with Gasteiger partial charge in [0.2, 0.25) is 0 Å². The molecule has 0 aromatic heterocycles. The van der Waals surface area contributed by atoms with Gasteiger partial charge in [-0.2, -0.15) is 0 Å². The quantitative estimate of drug-likeness (QED) is 0.481. The first-order chi connectivity index (χ1) is 13.0. The largest absolute Gasteiger partial charge is 0.393 e. The highest BCUT2D eigenvalue weighted by Gasteiger charge is 2.67. The van der Waals surface area contributed by atoms with Crippen molar-refractivity contribution >= 4 is 14.7 Å². The van der Waals surface area contributed by atoms with E-state index in [2.05, 4.69) is 39.8 Å². The molecule has 0 bridgehead atoms. The minimum atomic E-state index is -1.11. The van der Waals surface area contributed by atoms with Gasteiger partial charge in [0.05, 0.1) is 6.10 Å². The summed E-state index contributed by atoms with van der Waals surface area (Å²) in [5.74, 6) is 1.09. The van der Waals surface area contributed by atoms with Crippen LogP contribution >= 0.6 is 0 Å². The number of hydrogen-bond donors (Lipinski definition) is 2. The second kappa shape index (κ2) is 6.53. The molecule has 3 saturated carbocycles.